The molecular weight excluding hydrogens is 370 g/mol. The molecule has 0 spiro atoms. The van der Waals surface area contributed by atoms with Gasteiger partial charge >= 0.3 is 0 Å². The molecule has 3 rings (SSSR count). The van der Waals surface area contributed by atoms with Crippen LogP contribution >= 0.6 is 23.4 Å². The summed E-state index contributed by atoms with van der Waals surface area (Å²) in [6.07, 6.45) is 5.92. The number of rotatable bonds is 6. The minimum absolute atomic E-state index is 0.149. The van der Waals surface area contributed by atoms with Crippen molar-refractivity contribution in [1.82, 2.24) is 15.1 Å². The van der Waals surface area contributed by atoms with Crippen molar-refractivity contribution >= 4 is 29.3 Å². The van der Waals surface area contributed by atoms with Crippen LogP contribution in [0.5, 0.6) is 0 Å². The lowest BCUT2D eigenvalue weighted by atomic mass is 9.94. The molecular formula is C19H24ClN3O2S. The summed E-state index contributed by atoms with van der Waals surface area (Å²) in [5, 5.41) is 8.97. The normalized spacial score (nSPS) is 16.4. The fourth-order valence-electron chi connectivity index (χ4n) is 3.39. The molecule has 140 valence electrons. The fraction of sp³-hybridized carbons (Fsp3) is 0.526. The summed E-state index contributed by atoms with van der Waals surface area (Å²) in [5.41, 5.74) is 0.810. The van der Waals surface area contributed by atoms with Crippen LogP contribution in [0.4, 0.5) is 0 Å². The van der Waals surface area contributed by atoms with Gasteiger partial charge in [-0.15, -0.1) is 10.2 Å². The van der Waals surface area contributed by atoms with Gasteiger partial charge in [0.05, 0.1) is 5.25 Å². The van der Waals surface area contributed by atoms with E-state index in [0.29, 0.717) is 22.2 Å². The van der Waals surface area contributed by atoms with Crippen molar-refractivity contribution in [3.8, 4) is 11.5 Å². The molecule has 0 radical (unpaired) electrons. The molecule has 7 heteroatoms. The summed E-state index contributed by atoms with van der Waals surface area (Å²) in [5.74, 6) is 0.582. The molecule has 1 aromatic carbocycles. The summed E-state index contributed by atoms with van der Waals surface area (Å²) in [4.78, 5) is 14.9. The maximum absolute atomic E-state index is 12.9. The lowest BCUT2D eigenvalue weighted by Gasteiger charge is -2.34. The van der Waals surface area contributed by atoms with Gasteiger partial charge < -0.3 is 9.32 Å². The third kappa shape index (κ3) is 4.60. The molecule has 0 saturated heterocycles. The maximum atomic E-state index is 12.9. The van der Waals surface area contributed by atoms with E-state index in [2.05, 4.69) is 17.1 Å². The van der Waals surface area contributed by atoms with Crippen molar-refractivity contribution < 1.29 is 9.21 Å². The second kappa shape index (κ2) is 8.91. The lowest BCUT2D eigenvalue weighted by Crippen LogP contribution is -2.44. The van der Waals surface area contributed by atoms with Crippen LogP contribution in [-0.4, -0.2) is 38.8 Å². The Morgan fingerprint density at radius 1 is 1.27 bits per heavy atom. The van der Waals surface area contributed by atoms with Gasteiger partial charge in [0.25, 0.3) is 5.22 Å². The van der Waals surface area contributed by atoms with Crippen LogP contribution in [0.1, 0.15) is 46.0 Å². The van der Waals surface area contributed by atoms with Gasteiger partial charge in [0.1, 0.15) is 0 Å². The predicted octanol–water partition coefficient (Wildman–Crippen LogP) is 5.05. The zero-order chi connectivity index (χ0) is 18.5. The quantitative estimate of drug-likeness (QED) is 0.642. The van der Waals surface area contributed by atoms with Gasteiger partial charge in [0, 0.05) is 23.2 Å². The number of aromatic nitrogens is 2. The van der Waals surface area contributed by atoms with Crippen molar-refractivity contribution in [3.63, 3.8) is 0 Å². The van der Waals surface area contributed by atoms with Crippen molar-refractivity contribution in [2.45, 2.75) is 62.5 Å². The molecule has 0 aliphatic heterocycles. The molecule has 1 aliphatic rings. The first-order valence-electron chi connectivity index (χ1n) is 9.15. The highest BCUT2D eigenvalue weighted by atomic mass is 35.5. The second-order valence-corrected chi connectivity index (χ2v) is 8.28. The number of nitrogens with zero attached hydrogens (tertiary/aromatic N) is 3. The first-order valence-corrected chi connectivity index (χ1v) is 10.4. The fourth-order valence-corrected chi connectivity index (χ4v) is 4.27. The Hall–Kier alpha value is -1.53. The van der Waals surface area contributed by atoms with Crippen molar-refractivity contribution in [3.05, 3.63) is 29.3 Å². The standard InChI is InChI=1S/C19H24ClN3O2S/c1-3-23(16-7-5-4-6-8-16)18(24)13(2)26-19-22-21-17(25-19)14-9-11-15(20)12-10-14/h9-13,16H,3-8H2,1-2H3. The first kappa shape index (κ1) is 19.2. The Balaban J connectivity index is 1.64. The van der Waals surface area contributed by atoms with Gasteiger partial charge in [-0.1, -0.05) is 42.6 Å². The lowest BCUT2D eigenvalue weighted by molar-refractivity contribution is -0.133. The second-order valence-electron chi connectivity index (χ2n) is 6.56. The molecule has 1 atom stereocenters. The van der Waals surface area contributed by atoms with Crippen LogP contribution in [0, 0.1) is 0 Å². The number of carbonyl (C=O) groups excluding carboxylic acids is 1. The van der Waals surface area contributed by atoms with Gasteiger partial charge in [0.2, 0.25) is 11.8 Å². The molecule has 1 aromatic heterocycles. The molecule has 1 aliphatic carbocycles. The number of hydrogen-bond donors (Lipinski definition) is 0. The van der Waals surface area contributed by atoms with E-state index >= 15 is 0 Å². The smallest absolute Gasteiger partial charge is 0.277 e. The van der Waals surface area contributed by atoms with Gasteiger partial charge in [-0.2, -0.15) is 0 Å². The number of halogens is 1. The SMILES string of the molecule is CCN(C(=O)C(C)Sc1nnc(-c2ccc(Cl)cc2)o1)C1CCCCC1. The van der Waals surface area contributed by atoms with E-state index in [1.807, 2.05) is 24.0 Å². The summed E-state index contributed by atoms with van der Waals surface area (Å²) in [6.45, 7) is 4.70. The third-order valence-electron chi connectivity index (χ3n) is 4.76. The van der Waals surface area contributed by atoms with E-state index in [1.165, 1.54) is 31.0 Å². The maximum Gasteiger partial charge on any atom is 0.277 e. The Kier molecular flexibility index (Phi) is 6.59. The molecule has 1 amide bonds. The number of amides is 1. The number of benzene rings is 1. The minimum Gasteiger partial charge on any atom is -0.411 e. The topological polar surface area (TPSA) is 59.2 Å². The Morgan fingerprint density at radius 2 is 1.96 bits per heavy atom. The van der Waals surface area contributed by atoms with Gasteiger partial charge in [-0.25, -0.2) is 0 Å². The van der Waals surface area contributed by atoms with Gasteiger partial charge in [-0.3, -0.25) is 4.79 Å². The molecule has 1 fully saturated rings. The predicted molar refractivity (Wildman–Crippen MR) is 104 cm³/mol. The summed E-state index contributed by atoms with van der Waals surface area (Å²) >= 11 is 7.22. The summed E-state index contributed by atoms with van der Waals surface area (Å²) < 4.78 is 5.72. The van der Waals surface area contributed by atoms with Crippen LogP contribution in [0.25, 0.3) is 11.5 Å². The monoisotopic (exact) mass is 393 g/mol. The largest absolute Gasteiger partial charge is 0.411 e. The van der Waals surface area contributed by atoms with E-state index in [-0.39, 0.29) is 11.2 Å². The van der Waals surface area contributed by atoms with Crippen LogP contribution in [0.2, 0.25) is 5.02 Å². The van der Waals surface area contributed by atoms with Crippen molar-refractivity contribution in [2.24, 2.45) is 0 Å². The summed E-state index contributed by atoms with van der Waals surface area (Å²) in [6, 6.07) is 7.60. The van der Waals surface area contributed by atoms with Crippen molar-refractivity contribution in [2.75, 3.05) is 6.54 Å². The highest BCUT2D eigenvalue weighted by Crippen LogP contribution is 2.29. The third-order valence-corrected chi connectivity index (χ3v) is 5.94. The van der Waals surface area contributed by atoms with Crippen LogP contribution in [0.15, 0.2) is 33.9 Å². The molecule has 0 bridgehead atoms. The molecule has 1 unspecified atom stereocenters. The first-order chi connectivity index (χ1) is 12.6. The van der Waals surface area contributed by atoms with Crippen molar-refractivity contribution in [1.29, 1.82) is 0 Å². The molecule has 2 aromatic rings. The molecule has 5 nitrogen and oxygen atoms in total. The van der Waals surface area contributed by atoms with Crippen LogP contribution in [0.3, 0.4) is 0 Å². The van der Waals surface area contributed by atoms with E-state index in [4.69, 9.17) is 16.0 Å². The Bertz CT molecular complexity index is 729. The minimum atomic E-state index is -0.254. The molecule has 1 saturated carbocycles. The Labute approximate surface area is 163 Å². The van der Waals surface area contributed by atoms with Gasteiger partial charge in [0.15, 0.2) is 0 Å². The highest BCUT2D eigenvalue weighted by molar-refractivity contribution is 8.00. The van der Waals surface area contributed by atoms with E-state index in [0.717, 1.165) is 24.9 Å². The molecule has 0 N–H and O–H groups in total. The van der Waals surface area contributed by atoms with Gasteiger partial charge in [-0.05, 0) is 51.0 Å². The zero-order valence-corrected chi connectivity index (χ0v) is 16.7. The highest BCUT2D eigenvalue weighted by Gasteiger charge is 2.29. The number of hydrogen-bond acceptors (Lipinski definition) is 5. The number of carbonyl (C=O) groups is 1. The summed E-state index contributed by atoms with van der Waals surface area (Å²) in [7, 11) is 0. The van der Waals surface area contributed by atoms with E-state index in [1.54, 1.807) is 12.1 Å². The average Bonchev–Trinajstić information content (AvgIpc) is 3.12. The van der Waals surface area contributed by atoms with E-state index in [9.17, 15) is 4.79 Å². The van der Waals surface area contributed by atoms with E-state index < -0.39 is 0 Å². The molecule has 26 heavy (non-hydrogen) atoms. The van der Waals surface area contributed by atoms with Crippen LogP contribution in [-0.2, 0) is 4.79 Å². The Morgan fingerprint density at radius 3 is 2.62 bits per heavy atom. The van der Waals surface area contributed by atoms with Crippen LogP contribution < -0.4 is 0 Å². The number of thioether (sulfide) groups is 1. The zero-order valence-electron chi connectivity index (χ0n) is 15.2. The average molecular weight is 394 g/mol. The molecule has 1 heterocycles.